The average Bonchev–Trinajstić information content (AvgIpc) is 2.14. The van der Waals surface area contributed by atoms with E-state index in [1.54, 1.807) is 6.92 Å². The minimum atomic E-state index is -1.29. The first-order valence-electron chi connectivity index (χ1n) is 5.20. The number of rotatable bonds is 1. The Morgan fingerprint density at radius 2 is 1.67 bits per heavy atom. The molecule has 80 valence electrons. The third-order valence-corrected chi connectivity index (χ3v) is 2.85. The van der Waals surface area contributed by atoms with Gasteiger partial charge in [-0.15, -0.1) is 5.54 Å². The lowest BCUT2D eigenvalue weighted by Crippen LogP contribution is -2.16. The maximum absolute atomic E-state index is 9.34. The van der Waals surface area contributed by atoms with Crippen LogP contribution in [0.2, 0.25) is 19.6 Å². The van der Waals surface area contributed by atoms with Crippen molar-refractivity contribution in [2.24, 2.45) is 0 Å². The number of benzene rings is 1. The van der Waals surface area contributed by atoms with Gasteiger partial charge in [-0.3, -0.25) is 0 Å². The molecule has 1 aromatic carbocycles. The molecule has 1 unspecified atom stereocenters. The SMILES string of the molecule is CC(O)c1ccc(C#C[Si](C)(C)C)cc1. The lowest BCUT2D eigenvalue weighted by molar-refractivity contribution is 0.199. The zero-order valence-electron chi connectivity index (χ0n) is 9.83. The lowest BCUT2D eigenvalue weighted by atomic mass is 10.1. The number of aliphatic hydroxyl groups excluding tert-OH is 1. The molecule has 0 bridgehead atoms. The van der Waals surface area contributed by atoms with E-state index in [0.29, 0.717) is 0 Å². The molecule has 0 radical (unpaired) electrons. The van der Waals surface area contributed by atoms with Crippen LogP contribution in [0.25, 0.3) is 0 Å². The Morgan fingerprint density at radius 3 is 2.07 bits per heavy atom. The lowest BCUT2D eigenvalue weighted by Gasteiger charge is -2.05. The van der Waals surface area contributed by atoms with Crippen LogP contribution in [-0.2, 0) is 0 Å². The van der Waals surface area contributed by atoms with E-state index in [9.17, 15) is 5.11 Å². The summed E-state index contributed by atoms with van der Waals surface area (Å²) >= 11 is 0. The Labute approximate surface area is 93.2 Å². The van der Waals surface area contributed by atoms with Gasteiger partial charge in [-0.25, -0.2) is 0 Å². The van der Waals surface area contributed by atoms with Crippen molar-refractivity contribution in [3.63, 3.8) is 0 Å². The van der Waals surface area contributed by atoms with E-state index in [-0.39, 0.29) is 0 Å². The van der Waals surface area contributed by atoms with E-state index in [0.717, 1.165) is 11.1 Å². The molecule has 15 heavy (non-hydrogen) atoms. The molecule has 0 aliphatic rings. The van der Waals surface area contributed by atoms with Crippen molar-refractivity contribution in [1.29, 1.82) is 0 Å². The fourth-order valence-electron chi connectivity index (χ4n) is 1.10. The maximum atomic E-state index is 9.34. The van der Waals surface area contributed by atoms with E-state index < -0.39 is 14.2 Å². The Balaban J connectivity index is 2.85. The van der Waals surface area contributed by atoms with Crippen LogP contribution in [0.4, 0.5) is 0 Å². The quantitative estimate of drug-likeness (QED) is 0.567. The van der Waals surface area contributed by atoms with Crippen LogP contribution in [0.15, 0.2) is 24.3 Å². The molecule has 0 aliphatic heterocycles. The Hall–Kier alpha value is -1.04. The van der Waals surface area contributed by atoms with Crippen LogP contribution in [0, 0.1) is 11.5 Å². The van der Waals surface area contributed by atoms with E-state index in [4.69, 9.17) is 0 Å². The molecule has 1 nitrogen and oxygen atoms in total. The highest BCUT2D eigenvalue weighted by molar-refractivity contribution is 6.83. The molecular formula is C13H18OSi. The monoisotopic (exact) mass is 218 g/mol. The first-order valence-corrected chi connectivity index (χ1v) is 8.70. The van der Waals surface area contributed by atoms with Gasteiger partial charge in [0.05, 0.1) is 6.10 Å². The molecule has 0 spiro atoms. The molecule has 2 heteroatoms. The molecule has 1 rings (SSSR count). The third kappa shape index (κ3) is 4.33. The second kappa shape index (κ2) is 4.65. The summed E-state index contributed by atoms with van der Waals surface area (Å²) in [7, 11) is -1.29. The summed E-state index contributed by atoms with van der Waals surface area (Å²) in [6.45, 7) is 8.45. The number of aliphatic hydroxyl groups is 1. The molecule has 0 aromatic heterocycles. The van der Waals surface area contributed by atoms with Gasteiger partial charge in [0, 0.05) is 5.56 Å². The van der Waals surface area contributed by atoms with E-state index in [1.807, 2.05) is 24.3 Å². The average molecular weight is 218 g/mol. The second-order valence-corrected chi connectivity index (χ2v) is 9.55. The highest BCUT2D eigenvalue weighted by atomic mass is 28.3. The Bertz CT molecular complexity index is 374. The van der Waals surface area contributed by atoms with Crippen LogP contribution < -0.4 is 0 Å². The van der Waals surface area contributed by atoms with Crippen LogP contribution in [-0.4, -0.2) is 13.2 Å². The van der Waals surface area contributed by atoms with Gasteiger partial charge in [0.1, 0.15) is 8.07 Å². The van der Waals surface area contributed by atoms with Crippen molar-refractivity contribution in [1.82, 2.24) is 0 Å². The predicted octanol–water partition coefficient (Wildman–Crippen LogP) is 2.97. The van der Waals surface area contributed by atoms with Gasteiger partial charge in [0.25, 0.3) is 0 Å². The number of hydrogen-bond acceptors (Lipinski definition) is 1. The molecule has 0 aliphatic carbocycles. The maximum Gasteiger partial charge on any atom is 0.129 e. The molecule has 1 atom stereocenters. The smallest absolute Gasteiger partial charge is 0.129 e. The van der Waals surface area contributed by atoms with E-state index in [2.05, 4.69) is 31.1 Å². The third-order valence-electron chi connectivity index (χ3n) is 1.97. The van der Waals surface area contributed by atoms with Gasteiger partial charge in [-0.05, 0) is 24.6 Å². The van der Waals surface area contributed by atoms with Crippen LogP contribution in [0.1, 0.15) is 24.2 Å². The highest BCUT2D eigenvalue weighted by Crippen LogP contribution is 2.12. The van der Waals surface area contributed by atoms with Gasteiger partial charge >= 0.3 is 0 Å². The van der Waals surface area contributed by atoms with Gasteiger partial charge in [-0.2, -0.15) is 0 Å². The molecule has 1 N–H and O–H groups in total. The summed E-state index contributed by atoms with van der Waals surface area (Å²) in [5.74, 6) is 3.18. The predicted molar refractivity (Wildman–Crippen MR) is 67.3 cm³/mol. The van der Waals surface area contributed by atoms with Gasteiger partial charge in [0.15, 0.2) is 0 Å². The molecule has 0 saturated heterocycles. The van der Waals surface area contributed by atoms with Crippen molar-refractivity contribution in [2.45, 2.75) is 32.7 Å². The van der Waals surface area contributed by atoms with Crippen molar-refractivity contribution >= 4 is 8.07 Å². The first kappa shape index (κ1) is 12.0. The zero-order valence-corrected chi connectivity index (χ0v) is 10.8. The largest absolute Gasteiger partial charge is 0.389 e. The summed E-state index contributed by atoms with van der Waals surface area (Å²) in [5, 5.41) is 9.34. The van der Waals surface area contributed by atoms with E-state index >= 15 is 0 Å². The fraction of sp³-hybridized carbons (Fsp3) is 0.385. The summed E-state index contributed by atoms with van der Waals surface area (Å²) < 4.78 is 0. The minimum absolute atomic E-state index is 0.399. The Morgan fingerprint density at radius 1 is 1.13 bits per heavy atom. The van der Waals surface area contributed by atoms with Crippen molar-refractivity contribution in [2.75, 3.05) is 0 Å². The Kier molecular flexibility index (Phi) is 3.73. The highest BCUT2D eigenvalue weighted by Gasteiger charge is 2.07. The van der Waals surface area contributed by atoms with Crippen LogP contribution >= 0.6 is 0 Å². The standard InChI is InChI=1S/C13H18OSi/c1-11(14)13-7-5-12(6-8-13)9-10-15(2,3)4/h5-8,11,14H,1-4H3. The summed E-state index contributed by atoms with van der Waals surface area (Å²) in [6.07, 6.45) is -0.399. The topological polar surface area (TPSA) is 20.2 Å². The normalized spacial score (nSPS) is 12.9. The van der Waals surface area contributed by atoms with Crippen molar-refractivity contribution < 1.29 is 5.11 Å². The molecule has 0 saturated carbocycles. The molecule has 0 heterocycles. The van der Waals surface area contributed by atoms with Crippen LogP contribution in [0.3, 0.4) is 0 Å². The van der Waals surface area contributed by atoms with Gasteiger partial charge in [-0.1, -0.05) is 37.7 Å². The van der Waals surface area contributed by atoms with E-state index in [1.165, 1.54) is 0 Å². The molecule has 0 fully saturated rings. The second-order valence-electron chi connectivity index (χ2n) is 4.80. The fourth-order valence-corrected chi connectivity index (χ4v) is 1.62. The summed E-state index contributed by atoms with van der Waals surface area (Å²) in [5.41, 5.74) is 5.28. The van der Waals surface area contributed by atoms with Gasteiger partial charge < -0.3 is 5.11 Å². The molecule has 1 aromatic rings. The summed E-state index contributed by atoms with van der Waals surface area (Å²) in [4.78, 5) is 0. The summed E-state index contributed by atoms with van der Waals surface area (Å²) in [6, 6.07) is 7.79. The van der Waals surface area contributed by atoms with Crippen LogP contribution in [0.5, 0.6) is 0 Å². The zero-order chi connectivity index (χ0) is 11.5. The molecule has 0 amide bonds. The number of hydrogen-bond donors (Lipinski definition) is 1. The van der Waals surface area contributed by atoms with Gasteiger partial charge in [0.2, 0.25) is 0 Å². The van der Waals surface area contributed by atoms with Crippen molar-refractivity contribution in [3.05, 3.63) is 35.4 Å². The van der Waals surface area contributed by atoms with Crippen molar-refractivity contribution in [3.8, 4) is 11.5 Å². The first-order chi connectivity index (χ1) is 6.88. The minimum Gasteiger partial charge on any atom is -0.389 e. The molecular weight excluding hydrogens is 200 g/mol.